The number of hydrogen-bond donors (Lipinski definition) is 0. The monoisotopic (exact) mass is 211 g/mol. The van der Waals surface area contributed by atoms with Crippen molar-refractivity contribution >= 4 is 15.0 Å². The molecule has 0 aliphatic heterocycles. The number of nitrogens with zero attached hydrogens (tertiary/aromatic N) is 1. The second-order valence-corrected chi connectivity index (χ2v) is 3.90. The molecule has 56 valence electrons. The Bertz CT molecular complexity index is 275. The van der Waals surface area contributed by atoms with Gasteiger partial charge in [-0.1, -0.05) is 0 Å². The second-order valence-electron chi connectivity index (χ2n) is 2.31. The van der Waals surface area contributed by atoms with Crippen molar-refractivity contribution in [3.63, 3.8) is 0 Å². The molecule has 0 spiro atoms. The Morgan fingerprint density at radius 1 is 1.45 bits per heavy atom. The van der Waals surface area contributed by atoms with Crippen LogP contribution in [0.5, 0.6) is 0 Å². The summed E-state index contributed by atoms with van der Waals surface area (Å²) >= 11 is 0.117. The number of aryl methyl sites for hydroxylation is 1. The van der Waals surface area contributed by atoms with Crippen molar-refractivity contribution in [1.82, 2.24) is 0 Å². The van der Waals surface area contributed by atoms with Gasteiger partial charge >= 0.3 is 72.8 Å². The van der Waals surface area contributed by atoms with E-state index >= 15 is 0 Å². The molecule has 0 aliphatic carbocycles. The third-order valence-corrected chi connectivity index (χ3v) is 2.78. The predicted molar refractivity (Wildman–Crippen MR) is 46.3 cm³/mol. The summed E-state index contributed by atoms with van der Waals surface area (Å²) in [6.07, 6.45) is 0. The molecule has 0 aliphatic rings. The van der Waals surface area contributed by atoms with Crippen LogP contribution in [-0.4, -0.2) is 15.0 Å². The summed E-state index contributed by atoms with van der Waals surface area (Å²) < 4.78 is 0. The second kappa shape index (κ2) is 4.18. The molecule has 1 rings (SSSR count). The van der Waals surface area contributed by atoms with E-state index in [1.807, 2.05) is 12.1 Å². The van der Waals surface area contributed by atoms with Crippen molar-refractivity contribution in [3.05, 3.63) is 35.4 Å². The Morgan fingerprint density at radius 3 is 2.82 bits per heavy atom. The molecule has 11 heavy (non-hydrogen) atoms. The van der Waals surface area contributed by atoms with Gasteiger partial charge in [-0.05, 0) is 0 Å². The van der Waals surface area contributed by atoms with Gasteiger partial charge in [0.15, 0.2) is 0 Å². The van der Waals surface area contributed by atoms with Crippen LogP contribution in [0.25, 0.3) is 0 Å². The van der Waals surface area contributed by atoms with Crippen molar-refractivity contribution in [2.24, 2.45) is 0 Å². The molecule has 0 unspecified atom stereocenters. The average Bonchev–Trinajstić information content (AvgIpc) is 2.03. The summed E-state index contributed by atoms with van der Waals surface area (Å²) in [6.45, 7) is 2.09. The Morgan fingerprint density at radius 2 is 2.18 bits per heavy atom. The zero-order valence-corrected chi connectivity index (χ0v) is 8.09. The van der Waals surface area contributed by atoms with Crippen LogP contribution in [0.3, 0.4) is 0 Å². The van der Waals surface area contributed by atoms with Crippen LogP contribution >= 0.6 is 0 Å². The fraction of sp³-hybridized carbons (Fsp3) is 0.222. The minimum absolute atomic E-state index is 0.117. The molecule has 1 aromatic carbocycles. The summed E-state index contributed by atoms with van der Waals surface area (Å²) in [7, 11) is 0. The van der Waals surface area contributed by atoms with E-state index in [0.29, 0.717) is 0 Å². The minimum atomic E-state index is 0.117. The molecule has 0 saturated heterocycles. The SMILES string of the molecule is Cc1ccccc1C[Se]C#N. The number of rotatable bonds is 2. The van der Waals surface area contributed by atoms with Crippen LogP contribution in [0.1, 0.15) is 11.1 Å². The Hall–Kier alpha value is -0.771. The number of hydrogen-bond acceptors (Lipinski definition) is 1. The molecule has 0 heterocycles. The molecular formula is C9H9NSe. The van der Waals surface area contributed by atoms with Gasteiger partial charge in [0.1, 0.15) is 0 Å². The molecule has 0 saturated carbocycles. The van der Waals surface area contributed by atoms with Crippen molar-refractivity contribution in [2.45, 2.75) is 12.2 Å². The van der Waals surface area contributed by atoms with E-state index in [2.05, 4.69) is 24.0 Å². The van der Waals surface area contributed by atoms with Crippen LogP contribution in [0.15, 0.2) is 24.3 Å². The third kappa shape index (κ3) is 2.38. The average molecular weight is 210 g/mol. The Labute approximate surface area is 73.2 Å². The van der Waals surface area contributed by atoms with Crippen molar-refractivity contribution in [3.8, 4) is 4.97 Å². The maximum absolute atomic E-state index is 8.40. The van der Waals surface area contributed by atoms with E-state index in [4.69, 9.17) is 5.26 Å². The van der Waals surface area contributed by atoms with Gasteiger partial charge in [0, 0.05) is 0 Å². The molecule has 0 bridgehead atoms. The van der Waals surface area contributed by atoms with Crippen molar-refractivity contribution < 1.29 is 0 Å². The van der Waals surface area contributed by atoms with Gasteiger partial charge in [-0.25, -0.2) is 0 Å². The van der Waals surface area contributed by atoms with Crippen LogP contribution in [0.2, 0.25) is 0 Å². The molecule has 0 atom stereocenters. The van der Waals surface area contributed by atoms with Gasteiger partial charge < -0.3 is 0 Å². The quantitative estimate of drug-likeness (QED) is 0.681. The van der Waals surface area contributed by atoms with E-state index in [0.717, 1.165) is 5.32 Å². The normalized spacial score (nSPS) is 9.09. The number of nitriles is 1. The van der Waals surface area contributed by atoms with E-state index in [1.165, 1.54) is 11.1 Å². The van der Waals surface area contributed by atoms with Crippen molar-refractivity contribution in [1.29, 1.82) is 5.26 Å². The summed E-state index contributed by atoms with van der Waals surface area (Å²) in [5.74, 6) is 0. The standard InChI is InChI=1S/C9H9NSe/c1-8-4-2-3-5-9(8)6-11-7-10/h2-5H,6H2,1H3. The van der Waals surface area contributed by atoms with Crippen LogP contribution < -0.4 is 0 Å². The summed E-state index contributed by atoms with van der Waals surface area (Å²) in [4.78, 5) is 2.21. The van der Waals surface area contributed by atoms with Gasteiger partial charge in [0.25, 0.3) is 0 Å². The van der Waals surface area contributed by atoms with Crippen molar-refractivity contribution in [2.75, 3.05) is 0 Å². The molecule has 0 N–H and O–H groups in total. The first-order chi connectivity index (χ1) is 5.34. The maximum atomic E-state index is 8.40. The topological polar surface area (TPSA) is 23.8 Å². The molecule has 0 radical (unpaired) electrons. The first-order valence-electron chi connectivity index (χ1n) is 3.40. The molecule has 0 aromatic heterocycles. The molecule has 1 nitrogen and oxygen atoms in total. The zero-order chi connectivity index (χ0) is 8.10. The molecule has 2 heteroatoms. The van der Waals surface area contributed by atoms with Crippen LogP contribution in [-0.2, 0) is 5.32 Å². The molecule has 1 aromatic rings. The first-order valence-corrected chi connectivity index (χ1v) is 5.47. The Balaban J connectivity index is 2.71. The van der Waals surface area contributed by atoms with Crippen LogP contribution in [0, 0.1) is 17.2 Å². The van der Waals surface area contributed by atoms with Gasteiger partial charge in [-0.15, -0.1) is 0 Å². The van der Waals surface area contributed by atoms with Gasteiger partial charge in [0.05, 0.1) is 0 Å². The predicted octanol–water partition coefficient (Wildman–Crippen LogP) is 1.68. The van der Waals surface area contributed by atoms with Crippen LogP contribution in [0.4, 0.5) is 0 Å². The van der Waals surface area contributed by atoms with Gasteiger partial charge in [-0.3, -0.25) is 0 Å². The zero-order valence-electron chi connectivity index (χ0n) is 6.37. The fourth-order valence-electron chi connectivity index (χ4n) is 0.882. The summed E-state index contributed by atoms with van der Waals surface area (Å²) in [6, 6.07) is 8.23. The summed E-state index contributed by atoms with van der Waals surface area (Å²) in [5.41, 5.74) is 2.61. The van der Waals surface area contributed by atoms with E-state index in [9.17, 15) is 0 Å². The first kappa shape index (κ1) is 8.33. The number of benzene rings is 1. The van der Waals surface area contributed by atoms with Gasteiger partial charge in [-0.2, -0.15) is 0 Å². The summed E-state index contributed by atoms with van der Waals surface area (Å²) in [5, 5.41) is 9.34. The van der Waals surface area contributed by atoms with E-state index in [-0.39, 0.29) is 15.0 Å². The molecular weight excluding hydrogens is 201 g/mol. The van der Waals surface area contributed by atoms with E-state index < -0.39 is 0 Å². The Kier molecular flexibility index (Phi) is 3.16. The van der Waals surface area contributed by atoms with E-state index in [1.54, 1.807) is 0 Å². The molecule has 0 fully saturated rings. The molecule has 0 amide bonds. The fourth-order valence-corrected chi connectivity index (χ4v) is 2.02. The van der Waals surface area contributed by atoms with Gasteiger partial charge in [0.2, 0.25) is 0 Å². The third-order valence-electron chi connectivity index (χ3n) is 1.55.